The van der Waals surface area contributed by atoms with E-state index in [2.05, 4.69) is 17.1 Å². The number of phenols is 1. The number of benzene rings is 1. The van der Waals surface area contributed by atoms with Crippen LogP contribution in [0.3, 0.4) is 0 Å². The summed E-state index contributed by atoms with van der Waals surface area (Å²) in [6, 6.07) is 6.50. The molecule has 0 saturated carbocycles. The number of unbranched alkanes of at least 4 members (excludes halogenated alkanes) is 12. The lowest BCUT2D eigenvalue weighted by molar-refractivity contribution is 0.0465. The van der Waals surface area contributed by atoms with E-state index in [4.69, 9.17) is 0 Å². The fourth-order valence-electron chi connectivity index (χ4n) is 5.08. The maximum absolute atomic E-state index is 11.0. The van der Waals surface area contributed by atoms with Crippen LogP contribution < -0.4 is 5.32 Å². The Balaban J connectivity index is 1.59. The van der Waals surface area contributed by atoms with Crippen LogP contribution in [0.15, 0.2) is 24.3 Å². The first-order chi connectivity index (χ1) is 16.6. The van der Waals surface area contributed by atoms with Crippen molar-refractivity contribution in [1.82, 2.24) is 10.2 Å². The number of aromatic hydroxyl groups is 1. The van der Waals surface area contributed by atoms with Gasteiger partial charge in [0.1, 0.15) is 12.0 Å². The molecule has 1 aliphatic heterocycles. The van der Waals surface area contributed by atoms with Crippen molar-refractivity contribution in [1.29, 1.82) is 0 Å². The van der Waals surface area contributed by atoms with Gasteiger partial charge in [-0.05, 0) is 56.5 Å². The van der Waals surface area contributed by atoms with Crippen LogP contribution in [0, 0.1) is 0 Å². The molecule has 3 atom stereocenters. The largest absolute Gasteiger partial charge is 0.508 e. The summed E-state index contributed by atoms with van der Waals surface area (Å²) in [6.07, 6.45) is 18.9. The van der Waals surface area contributed by atoms with Crippen LogP contribution in [-0.4, -0.2) is 52.1 Å². The molecule has 1 aliphatic rings. The van der Waals surface area contributed by atoms with E-state index in [1.54, 1.807) is 24.3 Å². The molecule has 0 spiro atoms. The normalized spacial score (nSPS) is 17.1. The van der Waals surface area contributed by atoms with E-state index < -0.39 is 12.3 Å². The van der Waals surface area contributed by atoms with E-state index in [0.717, 1.165) is 44.5 Å². The summed E-state index contributed by atoms with van der Waals surface area (Å²) in [4.78, 5) is 2.36. The number of aliphatic hydroxyl groups is 2. The molecule has 34 heavy (non-hydrogen) atoms. The second-order valence-electron chi connectivity index (χ2n) is 10.4. The second-order valence-corrected chi connectivity index (χ2v) is 10.4. The van der Waals surface area contributed by atoms with E-state index in [-0.39, 0.29) is 11.8 Å². The van der Waals surface area contributed by atoms with Crippen molar-refractivity contribution >= 4 is 0 Å². The number of nitrogens with one attached hydrogen (secondary N) is 1. The summed E-state index contributed by atoms with van der Waals surface area (Å²) in [5, 5.41) is 34.5. The molecule has 0 aliphatic carbocycles. The lowest BCUT2D eigenvalue weighted by Gasteiger charge is -2.31. The zero-order valence-corrected chi connectivity index (χ0v) is 21.8. The molecule has 0 amide bonds. The Morgan fingerprint density at radius 2 is 1.26 bits per heavy atom. The van der Waals surface area contributed by atoms with Crippen LogP contribution in [0.25, 0.3) is 0 Å². The fourth-order valence-corrected chi connectivity index (χ4v) is 5.08. The molecule has 1 aromatic carbocycles. The van der Waals surface area contributed by atoms with Gasteiger partial charge in [-0.15, -0.1) is 0 Å². The van der Waals surface area contributed by atoms with Gasteiger partial charge in [0, 0.05) is 6.54 Å². The van der Waals surface area contributed by atoms with Gasteiger partial charge in [-0.1, -0.05) is 96.1 Å². The lowest BCUT2D eigenvalue weighted by Crippen LogP contribution is -2.48. The van der Waals surface area contributed by atoms with E-state index in [1.165, 1.54) is 83.5 Å². The van der Waals surface area contributed by atoms with Crippen LogP contribution >= 0.6 is 0 Å². The van der Waals surface area contributed by atoms with Crippen molar-refractivity contribution in [2.45, 2.75) is 128 Å². The lowest BCUT2D eigenvalue weighted by atomic mass is 10.0. The molecule has 0 unspecified atom stereocenters. The SMILES string of the molecule is CCCCCCCCCCCCCCC[C@@H](O)N[C@H](CN1CCCC1)[C@H](O)c1ccc(O)cc1. The van der Waals surface area contributed by atoms with Crippen LogP contribution in [0.2, 0.25) is 0 Å². The second kappa shape index (κ2) is 18.2. The van der Waals surface area contributed by atoms with Crippen molar-refractivity contribution in [2.24, 2.45) is 0 Å². The first-order valence-electron chi connectivity index (χ1n) is 14.2. The highest BCUT2D eigenvalue weighted by molar-refractivity contribution is 5.28. The number of aliphatic hydroxyl groups excluding tert-OH is 2. The molecule has 0 radical (unpaired) electrons. The maximum Gasteiger partial charge on any atom is 0.115 e. The van der Waals surface area contributed by atoms with E-state index in [1.807, 2.05) is 0 Å². The molecule has 5 nitrogen and oxygen atoms in total. The number of rotatable bonds is 20. The van der Waals surface area contributed by atoms with Gasteiger partial charge in [-0.2, -0.15) is 0 Å². The topological polar surface area (TPSA) is 76.0 Å². The maximum atomic E-state index is 11.0. The van der Waals surface area contributed by atoms with Crippen molar-refractivity contribution in [3.63, 3.8) is 0 Å². The summed E-state index contributed by atoms with van der Waals surface area (Å²) < 4.78 is 0. The minimum Gasteiger partial charge on any atom is -0.508 e. The number of hydrogen-bond donors (Lipinski definition) is 4. The Labute approximate surface area is 209 Å². The van der Waals surface area contributed by atoms with Gasteiger partial charge in [0.25, 0.3) is 0 Å². The third-order valence-corrected chi connectivity index (χ3v) is 7.26. The Morgan fingerprint density at radius 1 is 0.765 bits per heavy atom. The standard InChI is InChI=1S/C29H52N2O3/c1-2-3-4-5-6-7-8-9-10-11-12-13-14-17-28(33)30-27(24-31-22-15-16-23-31)29(34)25-18-20-26(32)21-19-25/h18-21,27-30,32-34H,2-17,22-24H2,1H3/t27-,28-,29-/m1/s1. The third kappa shape index (κ3) is 12.5. The van der Waals surface area contributed by atoms with E-state index >= 15 is 0 Å². The quantitative estimate of drug-likeness (QED) is 0.132. The van der Waals surface area contributed by atoms with Gasteiger partial charge in [0.15, 0.2) is 0 Å². The van der Waals surface area contributed by atoms with Crippen molar-refractivity contribution < 1.29 is 15.3 Å². The predicted molar refractivity (Wildman–Crippen MR) is 142 cm³/mol. The molecule has 1 heterocycles. The molecule has 196 valence electrons. The summed E-state index contributed by atoms with van der Waals surface area (Å²) in [6.45, 7) is 5.09. The zero-order chi connectivity index (χ0) is 24.4. The highest BCUT2D eigenvalue weighted by Crippen LogP contribution is 2.22. The van der Waals surface area contributed by atoms with Crippen molar-refractivity contribution in [3.05, 3.63) is 29.8 Å². The Hall–Kier alpha value is -1.14. The van der Waals surface area contributed by atoms with Gasteiger partial charge in [0.2, 0.25) is 0 Å². The van der Waals surface area contributed by atoms with Gasteiger partial charge in [-0.3, -0.25) is 5.32 Å². The molecule has 2 rings (SSSR count). The van der Waals surface area contributed by atoms with Gasteiger partial charge < -0.3 is 20.2 Å². The molecular formula is C29H52N2O3. The van der Waals surface area contributed by atoms with Crippen LogP contribution in [0.4, 0.5) is 0 Å². The Kier molecular flexibility index (Phi) is 15.6. The molecule has 1 saturated heterocycles. The third-order valence-electron chi connectivity index (χ3n) is 7.26. The summed E-state index contributed by atoms with van der Waals surface area (Å²) in [5.41, 5.74) is 0.766. The number of likely N-dealkylation sites (tertiary alicyclic amines) is 1. The molecule has 1 aromatic rings. The van der Waals surface area contributed by atoms with Crippen molar-refractivity contribution in [3.8, 4) is 5.75 Å². The average molecular weight is 477 g/mol. The first-order valence-corrected chi connectivity index (χ1v) is 14.2. The molecule has 0 bridgehead atoms. The number of nitrogens with zero attached hydrogens (tertiary/aromatic N) is 1. The van der Waals surface area contributed by atoms with Crippen LogP contribution in [-0.2, 0) is 0 Å². The fraction of sp³-hybridized carbons (Fsp3) is 0.793. The minimum absolute atomic E-state index is 0.197. The zero-order valence-electron chi connectivity index (χ0n) is 21.8. The highest BCUT2D eigenvalue weighted by Gasteiger charge is 2.26. The average Bonchev–Trinajstić information content (AvgIpc) is 3.35. The highest BCUT2D eigenvalue weighted by atomic mass is 16.3. The van der Waals surface area contributed by atoms with Gasteiger partial charge in [0.05, 0.1) is 12.1 Å². The first kappa shape index (κ1) is 29.1. The summed E-state index contributed by atoms with van der Waals surface area (Å²) >= 11 is 0. The summed E-state index contributed by atoms with van der Waals surface area (Å²) in [5.74, 6) is 0.197. The van der Waals surface area contributed by atoms with E-state index in [9.17, 15) is 15.3 Å². The van der Waals surface area contributed by atoms with Crippen LogP contribution in [0.5, 0.6) is 5.75 Å². The monoisotopic (exact) mass is 476 g/mol. The minimum atomic E-state index is -0.720. The molecule has 4 N–H and O–H groups in total. The molecule has 0 aromatic heterocycles. The number of hydrogen-bond acceptors (Lipinski definition) is 5. The van der Waals surface area contributed by atoms with E-state index in [0.29, 0.717) is 0 Å². The molecule has 5 heteroatoms. The Morgan fingerprint density at radius 3 is 1.79 bits per heavy atom. The summed E-state index contributed by atoms with van der Waals surface area (Å²) in [7, 11) is 0. The molecule has 1 fully saturated rings. The van der Waals surface area contributed by atoms with Gasteiger partial charge >= 0.3 is 0 Å². The van der Waals surface area contributed by atoms with Crippen molar-refractivity contribution in [2.75, 3.05) is 19.6 Å². The number of phenolic OH excluding ortho intramolecular Hbond substituents is 1. The van der Waals surface area contributed by atoms with Crippen LogP contribution in [0.1, 0.15) is 121 Å². The molecular weight excluding hydrogens is 424 g/mol. The predicted octanol–water partition coefficient (Wildman–Crippen LogP) is 6.28. The Bertz CT molecular complexity index is 604. The smallest absolute Gasteiger partial charge is 0.115 e. The van der Waals surface area contributed by atoms with Gasteiger partial charge in [-0.25, -0.2) is 0 Å².